The zero-order valence-corrected chi connectivity index (χ0v) is 10.2. The molecule has 0 unspecified atom stereocenters. The van der Waals surface area contributed by atoms with Crippen LogP contribution in [0.5, 0.6) is 0 Å². The summed E-state index contributed by atoms with van der Waals surface area (Å²) in [4.78, 5) is 16.5. The van der Waals surface area contributed by atoms with Crippen molar-refractivity contribution in [3.05, 3.63) is 72.1 Å². The Hall–Kier alpha value is -2.68. The third kappa shape index (κ3) is 1.95. The summed E-state index contributed by atoms with van der Waals surface area (Å²) in [5.41, 5.74) is 7.38. The van der Waals surface area contributed by atoms with Gasteiger partial charge in [-0.2, -0.15) is 0 Å². The van der Waals surface area contributed by atoms with Crippen LogP contribution in [0, 0.1) is 0 Å². The molecule has 0 bridgehead atoms. The van der Waals surface area contributed by atoms with E-state index in [9.17, 15) is 4.79 Å². The van der Waals surface area contributed by atoms with Crippen LogP contribution in [0.25, 0.3) is 10.8 Å². The zero-order valence-electron chi connectivity index (χ0n) is 10.2. The van der Waals surface area contributed by atoms with Crippen molar-refractivity contribution in [3.8, 4) is 0 Å². The van der Waals surface area contributed by atoms with E-state index in [1.165, 1.54) is 6.20 Å². The number of ketones is 1. The molecule has 0 radical (unpaired) electrons. The summed E-state index contributed by atoms with van der Waals surface area (Å²) in [6.07, 6.45) is 3.08. The molecule has 0 aliphatic carbocycles. The van der Waals surface area contributed by atoms with E-state index in [4.69, 9.17) is 5.73 Å². The molecule has 0 fully saturated rings. The highest BCUT2D eigenvalue weighted by Gasteiger charge is 2.14. The molecule has 3 heteroatoms. The number of carbonyl (C=O) groups excluding carboxylic acids is 1. The minimum Gasteiger partial charge on any atom is -0.397 e. The standard InChI is InChI=1S/C16H12N2O/c17-15-10-18-9-8-14(15)16(19)13-7-3-5-11-4-1-2-6-12(11)13/h1-10H,17H2. The van der Waals surface area contributed by atoms with Crippen LogP contribution in [0.1, 0.15) is 15.9 Å². The Labute approximate surface area is 110 Å². The van der Waals surface area contributed by atoms with Gasteiger partial charge in [-0.25, -0.2) is 0 Å². The molecule has 0 aliphatic rings. The molecule has 0 spiro atoms. The fourth-order valence-corrected chi connectivity index (χ4v) is 2.18. The molecule has 3 rings (SSSR count). The van der Waals surface area contributed by atoms with Crippen molar-refractivity contribution in [1.82, 2.24) is 4.98 Å². The van der Waals surface area contributed by atoms with Crippen molar-refractivity contribution < 1.29 is 4.79 Å². The minimum absolute atomic E-state index is 0.0725. The quantitative estimate of drug-likeness (QED) is 0.709. The van der Waals surface area contributed by atoms with Gasteiger partial charge < -0.3 is 5.73 Å². The zero-order chi connectivity index (χ0) is 13.2. The number of anilines is 1. The van der Waals surface area contributed by atoms with Gasteiger partial charge in [0.2, 0.25) is 0 Å². The average molecular weight is 248 g/mol. The number of nitrogen functional groups attached to an aromatic ring is 1. The lowest BCUT2D eigenvalue weighted by molar-refractivity contribution is 0.104. The summed E-state index contributed by atoms with van der Waals surface area (Å²) in [5, 5.41) is 1.98. The summed E-state index contributed by atoms with van der Waals surface area (Å²) in [5.74, 6) is -0.0725. The van der Waals surface area contributed by atoms with Gasteiger partial charge in [0.1, 0.15) is 0 Å². The van der Waals surface area contributed by atoms with Gasteiger partial charge in [0.05, 0.1) is 11.9 Å². The smallest absolute Gasteiger partial charge is 0.195 e. The topological polar surface area (TPSA) is 56.0 Å². The number of carbonyl (C=O) groups is 1. The van der Waals surface area contributed by atoms with Crippen LogP contribution >= 0.6 is 0 Å². The molecule has 92 valence electrons. The van der Waals surface area contributed by atoms with E-state index in [2.05, 4.69) is 4.98 Å². The maximum Gasteiger partial charge on any atom is 0.195 e. The third-order valence-corrected chi connectivity index (χ3v) is 3.13. The Morgan fingerprint density at radius 2 is 1.74 bits per heavy atom. The van der Waals surface area contributed by atoms with Gasteiger partial charge in [0, 0.05) is 17.3 Å². The first-order valence-electron chi connectivity index (χ1n) is 5.99. The summed E-state index contributed by atoms with van der Waals surface area (Å²) in [7, 11) is 0. The number of nitrogens with two attached hydrogens (primary N) is 1. The SMILES string of the molecule is Nc1cnccc1C(=O)c1cccc2ccccc12. The fourth-order valence-electron chi connectivity index (χ4n) is 2.18. The van der Waals surface area contributed by atoms with Crippen molar-refractivity contribution in [3.63, 3.8) is 0 Å². The number of hydrogen-bond donors (Lipinski definition) is 1. The number of benzene rings is 2. The first-order valence-corrected chi connectivity index (χ1v) is 5.99. The summed E-state index contributed by atoms with van der Waals surface area (Å²) in [6, 6.07) is 15.2. The van der Waals surface area contributed by atoms with Gasteiger partial charge in [0.15, 0.2) is 5.78 Å². The van der Waals surface area contributed by atoms with Crippen LogP contribution in [-0.4, -0.2) is 10.8 Å². The van der Waals surface area contributed by atoms with Crippen molar-refractivity contribution >= 4 is 22.2 Å². The molecule has 1 heterocycles. The Morgan fingerprint density at radius 1 is 0.947 bits per heavy atom. The normalized spacial score (nSPS) is 10.5. The molecule has 1 aromatic heterocycles. The van der Waals surface area contributed by atoms with Gasteiger partial charge >= 0.3 is 0 Å². The Morgan fingerprint density at radius 3 is 2.58 bits per heavy atom. The Balaban J connectivity index is 2.20. The van der Waals surface area contributed by atoms with Gasteiger partial charge in [-0.3, -0.25) is 9.78 Å². The minimum atomic E-state index is -0.0725. The molecular formula is C16H12N2O. The van der Waals surface area contributed by atoms with E-state index in [0.717, 1.165) is 10.8 Å². The predicted molar refractivity (Wildman–Crippen MR) is 76.0 cm³/mol. The molecule has 0 saturated heterocycles. The third-order valence-electron chi connectivity index (χ3n) is 3.13. The Bertz CT molecular complexity index is 760. The van der Waals surface area contributed by atoms with E-state index < -0.39 is 0 Å². The van der Waals surface area contributed by atoms with Crippen molar-refractivity contribution in [2.45, 2.75) is 0 Å². The van der Waals surface area contributed by atoms with Crippen LogP contribution in [-0.2, 0) is 0 Å². The summed E-state index contributed by atoms with van der Waals surface area (Å²) in [6.45, 7) is 0. The van der Waals surface area contributed by atoms with Gasteiger partial charge in [-0.05, 0) is 16.8 Å². The lowest BCUT2D eigenvalue weighted by atomic mass is 9.97. The lowest BCUT2D eigenvalue weighted by Crippen LogP contribution is -2.06. The second-order valence-corrected chi connectivity index (χ2v) is 4.32. The highest BCUT2D eigenvalue weighted by Crippen LogP contribution is 2.23. The van der Waals surface area contributed by atoms with E-state index in [1.807, 2.05) is 42.5 Å². The van der Waals surface area contributed by atoms with Crippen LogP contribution in [0.15, 0.2) is 60.9 Å². The molecule has 2 aromatic carbocycles. The van der Waals surface area contributed by atoms with Crippen molar-refractivity contribution in [2.75, 3.05) is 5.73 Å². The molecule has 3 nitrogen and oxygen atoms in total. The maximum atomic E-state index is 12.6. The number of hydrogen-bond acceptors (Lipinski definition) is 3. The molecule has 0 amide bonds. The van der Waals surface area contributed by atoms with E-state index in [0.29, 0.717) is 16.8 Å². The molecule has 3 aromatic rings. The molecular weight excluding hydrogens is 236 g/mol. The van der Waals surface area contributed by atoms with Crippen LogP contribution in [0.3, 0.4) is 0 Å². The molecule has 0 aliphatic heterocycles. The van der Waals surface area contributed by atoms with E-state index in [-0.39, 0.29) is 5.78 Å². The number of rotatable bonds is 2. The summed E-state index contributed by atoms with van der Waals surface area (Å²) < 4.78 is 0. The van der Waals surface area contributed by atoms with Crippen LogP contribution in [0.4, 0.5) is 5.69 Å². The average Bonchev–Trinajstić information content (AvgIpc) is 2.46. The molecule has 0 atom stereocenters. The number of nitrogens with zero attached hydrogens (tertiary/aromatic N) is 1. The van der Waals surface area contributed by atoms with Crippen LogP contribution < -0.4 is 5.73 Å². The van der Waals surface area contributed by atoms with E-state index in [1.54, 1.807) is 12.3 Å². The van der Waals surface area contributed by atoms with Crippen molar-refractivity contribution in [2.24, 2.45) is 0 Å². The monoisotopic (exact) mass is 248 g/mol. The number of pyridine rings is 1. The van der Waals surface area contributed by atoms with Crippen LogP contribution in [0.2, 0.25) is 0 Å². The van der Waals surface area contributed by atoms with Gasteiger partial charge in [0.25, 0.3) is 0 Å². The summed E-state index contributed by atoms with van der Waals surface area (Å²) >= 11 is 0. The van der Waals surface area contributed by atoms with E-state index >= 15 is 0 Å². The molecule has 19 heavy (non-hydrogen) atoms. The first kappa shape index (κ1) is 11.4. The number of aromatic nitrogens is 1. The molecule has 2 N–H and O–H groups in total. The second kappa shape index (κ2) is 4.53. The highest BCUT2D eigenvalue weighted by molar-refractivity contribution is 6.18. The largest absolute Gasteiger partial charge is 0.397 e. The van der Waals surface area contributed by atoms with Crippen molar-refractivity contribution in [1.29, 1.82) is 0 Å². The fraction of sp³-hybridized carbons (Fsp3) is 0. The first-order chi connectivity index (χ1) is 9.27. The second-order valence-electron chi connectivity index (χ2n) is 4.32. The Kier molecular flexibility index (Phi) is 2.72. The predicted octanol–water partition coefficient (Wildman–Crippen LogP) is 3.05. The van der Waals surface area contributed by atoms with Gasteiger partial charge in [-0.1, -0.05) is 42.5 Å². The van der Waals surface area contributed by atoms with Gasteiger partial charge in [-0.15, -0.1) is 0 Å². The molecule has 0 saturated carbocycles. The maximum absolute atomic E-state index is 12.6. The lowest BCUT2D eigenvalue weighted by Gasteiger charge is -2.07. The number of fused-ring (bicyclic) bond motifs is 1. The highest BCUT2D eigenvalue weighted by atomic mass is 16.1.